The van der Waals surface area contributed by atoms with Gasteiger partial charge in [0, 0.05) is 40.0 Å². The van der Waals surface area contributed by atoms with Crippen molar-refractivity contribution in [2.45, 2.75) is 63.5 Å². The molecule has 0 unspecified atom stereocenters. The van der Waals surface area contributed by atoms with E-state index in [-0.39, 0.29) is 11.4 Å². The first-order valence-electron chi connectivity index (χ1n) is 15.8. The van der Waals surface area contributed by atoms with Crippen LogP contribution in [-0.2, 0) is 21.9 Å². The molecule has 47 heavy (non-hydrogen) atoms. The number of carbonyl (C=O) groups is 1. The van der Waals surface area contributed by atoms with Crippen molar-refractivity contribution in [3.05, 3.63) is 100 Å². The molecule has 8 nitrogen and oxygen atoms in total. The molecule has 2 N–H and O–H groups in total. The van der Waals surface area contributed by atoms with Gasteiger partial charge in [0.05, 0.1) is 11.4 Å². The van der Waals surface area contributed by atoms with Crippen LogP contribution in [-0.4, -0.2) is 41.6 Å². The lowest BCUT2D eigenvalue weighted by atomic mass is 9.91. The maximum atomic E-state index is 13.6. The highest BCUT2D eigenvalue weighted by Gasteiger charge is 2.32. The Kier molecular flexibility index (Phi) is 9.24. The molecule has 2 amide bonds. The van der Waals surface area contributed by atoms with Gasteiger partial charge < -0.3 is 5.32 Å². The number of benzene rings is 3. The number of carbonyl (C=O) groups excluding carboxylic acids is 1. The first-order valence-corrected chi connectivity index (χ1v) is 18.4. The van der Waals surface area contributed by atoms with Gasteiger partial charge in [0.2, 0.25) is 0 Å². The second-order valence-electron chi connectivity index (χ2n) is 13.4. The highest BCUT2D eigenvalue weighted by Crippen LogP contribution is 2.38. The number of amides is 2. The minimum atomic E-state index is -3.57. The molecular weight excluding hydrogens is 650 g/mol. The predicted molar refractivity (Wildman–Crippen MR) is 193 cm³/mol. The predicted octanol–water partition coefficient (Wildman–Crippen LogP) is 8.94. The van der Waals surface area contributed by atoms with Gasteiger partial charge in [-0.1, -0.05) is 62.2 Å². The van der Waals surface area contributed by atoms with Gasteiger partial charge in [-0.25, -0.2) is 17.9 Å². The fourth-order valence-corrected chi connectivity index (χ4v) is 9.47. The van der Waals surface area contributed by atoms with Crippen molar-refractivity contribution in [3.8, 4) is 5.69 Å². The number of fused-ring (bicyclic) bond motifs is 1. The molecule has 3 heterocycles. The number of halogens is 1. The first-order chi connectivity index (χ1) is 22.3. The van der Waals surface area contributed by atoms with E-state index in [1.165, 1.54) is 11.3 Å². The van der Waals surface area contributed by atoms with Crippen molar-refractivity contribution in [3.63, 3.8) is 0 Å². The maximum Gasteiger partial charge on any atom is 0.324 e. The van der Waals surface area contributed by atoms with Crippen LogP contribution >= 0.6 is 22.9 Å². The molecule has 1 aliphatic heterocycles. The fourth-order valence-electron chi connectivity index (χ4n) is 5.94. The zero-order chi connectivity index (χ0) is 33.5. The van der Waals surface area contributed by atoms with E-state index in [1.807, 2.05) is 80.6 Å². The lowest BCUT2D eigenvalue weighted by Crippen LogP contribution is -2.38. The number of urea groups is 1. The lowest BCUT2D eigenvalue weighted by molar-refractivity contribution is 0.262. The number of aryl methyl sites for hydroxylation is 2. The molecule has 0 radical (unpaired) electrons. The van der Waals surface area contributed by atoms with E-state index >= 15 is 0 Å². The van der Waals surface area contributed by atoms with E-state index in [0.29, 0.717) is 39.7 Å². The van der Waals surface area contributed by atoms with Crippen molar-refractivity contribution in [2.24, 2.45) is 5.92 Å². The Morgan fingerprint density at radius 3 is 2.30 bits per heavy atom. The van der Waals surface area contributed by atoms with Gasteiger partial charge in [-0.3, -0.25) is 5.32 Å². The molecule has 3 aromatic carbocycles. The Bertz CT molecular complexity index is 2020. The fraction of sp³-hybridized carbons (Fsp3) is 0.333. The van der Waals surface area contributed by atoms with Gasteiger partial charge in [0.25, 0.3) is 10.0 Å². The summed E-state index contributed by atoms with van der Waals surface area (Å²) in [7, 11) is -3.57. The van der Waals surface area contributed by atoms with E-state index in [9.17, 15) is 13.2 Å². The van der Waals surface area contributed by atoms with Gasteiger partial charge in [0.15, 0.2) is 0 Å². The largest absolute Gasteiger partial charge is 0.324 e. The Labute approximate surface area is 285 Å². The number of nitrogens with zero attached hydrogens (tertiary/aromatic N) is 3. The molecule has 0 spiro atoms. The Morgan fingerprint density at radius 2 is 1.64 bits per heavy atom. The highest BCUT2D eigenvalue weighted by atomic mass is 35.5. The number of thiophene rings is 1. The van der Waals surface area contributed by atoms with Crippen LogP contribution in [0.15, 0.2) is 77.0 Å². The summed E-state index contributed by atoms with van der Waals surface area (Å²) in [5.41, 5.74) is 5.32. The van der Waals surface area contributed by atoms with E-state index in [0.717, 1.165) is 57.4 Å². The van der Waals surface area contributed by atoms with Crippen LogP contribution < -0.4 is 10.6 Å². The minimum Gasteiger partial charge on any atom is -0.308 e. The van der Waals surface area contributed by atoms with Gasteiger partial charge >= 0.3 is 6.03 Å². The van der Waals surface area contributed by atoms with Gasteiger partial charge in [-0.05, 0) is 98.0 Å². The number of sulfonamides is 1. The molecule has 0 saturated carbocycles. The third-order valence-corrected chi connectivity index (χ3v) is 12.7. The number of anilines is 2. The second-order valence-corrected chi connectivity index (χ2v) is 17.0. The molecule has 0 bridgehead atoms. The van der Waals surface area contributed by atoms with Crippen molar-refractivity contribution in [1.29, 1.82) is 0 Å². The maximum absolute atomic E-state index is 13.6. The number of rotatable bonds is 7. The van der Waals surface area contributed by atoms with Gasteiger partial charge in [0.1, 0.15) is 10.0 Å². The van der Waals surface area contributed by atoms with Crippen molar-refractivity contribution >= 4 is 60.6 Å². The molecule has 5 aromatic rings. The number of piperidine rings is 1. The number of hydrogen-bond acceptors (Lipinski definition) is 5. The van der Waals surface area contributed by atoms with Crippen LogP contribution in [0, 0.1) is 19.8 Å². The third kappa shape index (κ3) is 7.26. The molecule has 11 heteroatoms. The van der Waals surface area contributed by atoms with E-state index in [1.54, 1.807) is 15.1 Å². The number of nitrogens with one attached hydrogen (secondary N) is 2. The topological polar surface area (TPSA) is 96.3 Å². The van der Waals surface area contributed by atoms with Gasteiger partial charge in [-0.2, -0.15) is 9.40 Å². The second kappa shape index (κ2) is 13.1. The minimum absolute atomic E-state index is 0.183. The van der Waals surface area contributed by atoms with Crippen LogP contribution in [0.2, 0.25) is 5.02 Å². The molecule has 1 fully saturated rings. The SMILES string of the molecule is Cc1ccc(-n2nc(C(C)(C)C)cc2NC(=O)Nc2ccc(CC3CCN(S(=O)(=O)c4sc5ccc(Cl)cc5c4C)CC3)cc2)cc1. The van der Waals surface area contributed by atoms with Crippen LogP contribution in [0.25, 0.3) is 15.8 Å². The molecule has 246 valence electrons. The summed E-state index contributed by atoms with van der Waals surface area (Å²) in [4.78, 5) is 13.1. The number of aromatic nitrogens is 2. The average Bonchev–Trinajstić information content (AvgIpc) is 3.60. The van der Waals surface area contributed by atoms with Gasteiger partial charge in [-0.15, -0.1) is 11.3 Å². The first kappa shape index (κ1) is 33.2. The summed E-state index contributed by atoms with van der Waals surface area (Å²) in [6.45, 7) is 11.2. The van der Waals surface area contributed by atoms with Crippen molar-refractivity contribution < 1.29 is 13.2 Å². The quantitative estimate of drug-likeness (QED) is 0.178. The number of hydrogen-bond donors (Lipinski definition) is 2. The molecule has 6 rings (SSSR count). The summed E-state index contributed by atoms with van der Waals surface area (Å²) in [5.74, 6) is 0.970. The zero-order valence-corrected chi connectivity index (χ0v) is 29.7. The Balaban J connectivity index is 1.05. The molecule has 0 aliphatic carbocycles. The van der Waals surface area contributed by atoms with E-state index < -0.39 is 10.0 Å². The van der Waals surface area contributed by atoms with Crippen molar-refractivity contribution in [2.75, 3.05) is 23.7 Å². The van der Waals surface area contributed by atoms with Crippen LogP contribution in [0.5, 0.6) is 0 Å². The zero-order valence-electron chi connectivity index (χ0n) is 27.3. The Morgan fingerprint density at radius 1 is 0.957 bits per heavy atom. The summed E-state index contributed by atoms with van der Waals surface area (Å²) in [6.07, 6.45) is 2.44. The molecule has 0 atom stereocenters. The summed E-state index contributed by atoms with van der Waals surface area (Å²) in [5, 5.41) is 12.2. The third-order valence-electron chi connectivity index (χ3n) is 8.74. The van der Waals surface area contributed by atoms with E-state index in [4.69, 9.17) is 16.7 Å². The molecule has 1 aliphatic rings. The normalized spacial score (nSPS) is 14.9. The smallest absolute Gasteiger partial charge is 0.308 e. The molecular formula is C36H40ClN5O3S2. The standard InChI is InChI=1S/C36H40ClN5O3S2/c1-23-6-13-29(14-7-23)42-33(22-32(40-42)36(3,4)5)39-35(43)38-28-11-8-25(9-12-28)20-26-16-18-41(19-17-26)47(44,45)34-24(2)30-21-27(37)10-15-31(30)46-34/h6-15,21-22,26H,16-20H2,1-5H3,(H2,38,39,43). The summed E-state index contributed by atoms with van der Waals surface area (Å²) >= 11 is 7.49. The van der Waals surface area contributed by atoms with E-state index in [2.05, 4.69) is 31.4 Å². The average molecular weight is 690 g/mol. The summed E-state index contributed by atoms with van der Waals surface area (Å²) < 4.78 is 31.9. The lowest BCUT2D eigenvalue weighted by Gasteiger charge is -2.31. The summed E-state index contributed by atoms with van der Waals surface area (Å²) in [6, 6.07) is 23.0. The monoisotopic (exact) mass is 689 g/mol. The Hall–Kier alpha value is -3.70. The van der Waals surface area contributed by atoms with Crippen LogP contribution in [0.4, 0.5) is 16.3 Å². The highest BCUT2D eigenvalue weighted by molar-refractivity contribution is 7.91. The van der Waals surface area contributed by atoms with Crippen molar-refractivity contribution in [1.82, 2.24) is 14.1 Å². The van der Waals surface area contributed by atoms with Crippen LogP contribution in [0.1, 0.15) is 56.0 Å². The molecule has 1 saturated heterocycles. The van der Waals surface area contributed by atoms with Crippen LogP contribution in [0.3, 0.4) is 0 Å². The molecule has 2 aromatic heterocycles.